The molecule has 76 valence electrons. The van der Waals surface area contributed by atoms with E-state index in [9.17, 15) is 13.2 Å². The van der Waals surface area contributed by atoms with Crippen molar-refractivity contribution < 1.29 is 13.2 Å². The maximum absolute atomic E-state index is 12.3. The van der Waals surface area contributed by atoms with E-state index in [0.717, 1.165) is 25.0 Å². The van der Waals surface area contributed by atoms with Gasteiger partial charge in [0.05, 0.1) is 5.56 Å². The van der Waals surface area contributed by atoms with E-state index in [1.54, 1.807) is 0 Å². The number of alkyl halides is 3. The van der Waals surface area contributed by atoms with E-state index in [4.69, 9.17) is 5.73 Å². The normalized spacial score (nSPS) is 17.1. The fourth-order valence-corrected chi connectivity index (χ4v) is 1.33. The summed E-state index contributed by atoms with van der Waals surface area (Å²) in [6.07, 6.45) is -2.51. The molecule has 1 aromatic heterocycles. The van der Waals surface area contributed by atoms with Gasteiger partial charge in [0.15, 0.2) is 0 Å². The lowest BCUT2D eigenvalue weighted by Gasteiger charge is -2.08. The molecule has 1 heterocycles. The molecule has 0 aromatic carbocycles. The molecule has 0 amide bonds. The molecule has 0 aliphatic heterocycles. The summed E-state index contributed by atoms with van der Waals surface area (Å²) >= 11 is 0. The summed E-state index contributed by atoms with van der Waals surface area (Å²) in [5.74, 6) is 0.126. The number of nitrogens with two attached hydrogens (primary N) is 1. The maximum atomic E-state index is 12.3. The number of hydrogen-bond donors (Lipinski definition) is 1. The van der Waals surface area contributed by atoms with Crippen LogP contribution in [0.25, 0.3) is 0 Å². The van der Waals surface area contributed by atoms with E-state index in [2.05, 4.69) is 4.98 Å². The predicted octanol–water partition coefficient (Wildman–Crippen LogP) is 2.56. The lowest BCUT2D eigenvalue weighted by molar-refractivity contribution is -0.137. The van der Waals surface area contributed by atoms with Crippen LogP contribution in [0.2, 0.25) is 0 Å². The number of hydrogen-bond acceptors (Lipinski definition) is 2. The number of nitrogens with zero attached hydrogens (tertiary/aromatic N) is 1. The van der Waals surface area contributed by atoms with E-state index in [1.807, 2.05) is 0 Å². The summed E-state index contributed by atoms with van der Waals surface area (Å²) in [7, 11) is 0. The zero-order chi connectivity index (χ0) is 10.3. The molecule has 14 heavy (non-hydrogen) atoms. The van der Waals surface area contributed by atoms with Gasteiger partial charge in [0.25, 0.3) is 0 Å². The summed E-state index contributed by atoms with van der Waals surface area (Å²) in [6.45, 7) is 0. The van der Waals surface area contributed by atoms with Gasteiger partial charge in [-0.1, -0.05) is 0 Å². The Balaban J connectivity index is 2.41. The minimum absolute atomic E-state index is 0.0540. The van der Waals surface area contributed by atoms with Crippen molar-refractivity contribution in [3.63, 3.8) is 0 Å². The summed E-state index contributed by atoms with van der Waals surface area (Å²) in [5.41, 5.74) is 5.08. The topological polar surface area (TPSA) is 38.9 Å². The number of aromatic nitrogens is 1. The summed E-state index contributed by atoms with van der Waals surface area (Å²) in [4.78, 5) is 3.89. The van der Waals surface area contributed by atoms with E-state index < -0.39 is 11.7 Å². The maximum Gasteiger partial charge on any atom is 0.416 e. The van der Waals surface area contributed by atoms with Gasteiger partial charge in [-0.3, -0.25) is 0 Å². The second-order valence-electron chi connectivity index (χ2n) is 3.48. The van der Waals surface area contributed by atoms with Gasteiger partial charge in [0.2, 0.25) is 0 Å². The van der Waals surface area contributed by atoms with Crippen LogP contribution in [-0.4, -0.2) is 4.98 Å². The van der Waals surface area contributed by atoms with Crippen molar-refractivity contribution in [2.45, 2.75) is 24.9 Å². The fourth-order valence-electron chi connectivity index (χ4n) is 1.33. The molecule has 2 nitrogen and oxygen atoms in total. The highest BCUT2D eigenvalue weighted by molar-refractivity contribution is 5.38. The van der Waals surface area contributed by atoms with E-state index in [-0.39, 0.29) is 11.7 Å². The monoisotopic (exact) mass is 202 g/mol. The average Bonchev–Trinajstić information content (AvgIpc) is 2.83. The molecule has 1 aromatic rings. The van der Waals surface area contributed by atoms with Gasteiger partial charge in [-0.05, 0) is 25.0 Å². The van der Waals surface area contributed by atoms with Crippen molar-refractivity contribution in [2.24, 2.45) is 0 Å². The standard InChI is InChI=1S/C9H9F3N2/c10-9(11,12)6-3-7(5-1-2-5)14-8(13)4-6/h3-5H,1-2H2,(H2,13,14). The molecule has 1 aliphatic carbocycles. The van der Waals surface area contributed by atoms with Crippen LogP contribution in [0.15, 0.2) is 12.1 Å². The molecule has 0 spiro atoms. The Hall–Kier alpha value is -1.26. The molecule has 1 aliphatic rings. The molecule has 0 saturated heterocycles. The third-order valence-electron chi connectivity index (χ3n) is 2.19. The lowest BCUT2D eigenvalue weighted by atomic mass is 10.1. The first-order valence-electron chi connectivity index (χ1n) is 4.31. The van der Waals surface area contributed by atoms with Crippen molar-refractivity contribution in [2.75, 3.05) is 5.73 Å². The molecule has 0 bridgehead atoms. The van der Waals surface area contributed by atoms with E-state index in [1.165, 1.54) is 0 Å². The van der Waals surface area contributed by atoms with Crippen LogP contribution in [0.1, 0.15) is 30.0 Å². The first-order chi connectivity index (χ1) is 6.47. The van der Waals surface area contributed by atoms with Gasteiger partial charge in [-0.15, -0.1) is 0 Å². The van der Waals surface area contributed by atoms with Crippen molar-refractivity contribution in [1.29, 1.82) is 0 Å². The largest absolute Gasteiger partial charge is 0.416 e. The van der Waals surface area contributed by atoms with Crippen LogP contribution in [0.4, 0.5) is 19.0 Å². The van der Waals surface area contributed by atoms with Crippen molar-refractivity contribution in [1.82, 2.24) is 4.98 Å². The molecule has 0 unspecified atom stereocenters. The lowest BCUT2D eigenvalue weighted by Crippen LogP contribution is -2.08. The van der Waals surface area contributed by atoms with Gasteiger partial charge in [0, 0.05) is 11.6 Å². The molecule has 0 radical (unpaired) electrons. The third-order valence-corrected chi connectivity index (χ3v) is 2.19. The number of rotatable bonds is 1. The van der Waals surface area contributed by atoms with Crippen LogP contribution < -0.4 is 5.73 Å². The Morgan fingerprint density at radius 3 is 2.43 bits per heavy atom. The van der Waals surface area contributed by atoms with Crippen LogP contribution in [-0.2, 0) is 6.18 Å². The summed E-state index contributed by atoms with van der Waals surface area (Å²) < 4.78 is 37.0. The highest BCUT2D eigenvalue weighted by Gasteiger charge is 2.33. The van der Waals surface area contributed by atoms with Crippen molar-refractivity contribution >= 4 is 5.82 Å². The van der Waals surface area contributed by atoms with E-state index in [0.29, 0.717) is 5.69 Å². The van der Waals surface area contributed by atoms with Gasteiger partial charge >= 0.3 is 6.18 Å². The molecular weight excluding hydrogens is 193 g/mol. The van der Waals surface area contributed by atoms with Gasteiger partial charge in [-0.25, -0.2) is 4.98 Å². The second-order valence-corrected chi connectivity index (χ2v) is 3.48. The Bertz CT molecular complexity index is 356. The molecule has 0 atom stereocenters. The van der Waals surface area contributed by atoms with Crippen LogP contribution >= 0.6 is 0 Å². The second kappa shape index (κ2) is 2.87. The third kappa shape index (κ3) is 1.81. The van der Waals surface area contributed by atoms with E-state index >= 15 is 0 Å². The minimum Gasteiger partial charge on any atom is -0.384 e. The van der Waals surface area contributed by atoms with Gasteiger partial charge in [-0.2, -0.15) is 13.2 Å². The van der Waals surface area contributed by atoms with Gasteiger partial charge < -0.3 is 5.73 Å². The molecule has 1 fully saturated rings. The smallest absolute Gasteiger partial charge is 0.384 e. The van der Waals surface area contributed by atoms with Crippen LogP contribution in [0.5, 0.6) is 0 Å². The van der Waals surface area contributed by atoms with Gasteiger partial charge in [0.1, 0.15) is 5.82 Å². The Morgan fingerprint density at radius 1 is 1.29 bits per heavy atom. The van der Waals surface area contributed by atoms with Crippen molar-refractivity contribution in [3.8, 4) is 0 Å². The number of nitrogen functional groups attached to an aromatic ring is 1. The number of halogens is 3. The minimum atomic E-state index is -4.33. The Morgan fingerprint density at radius 2 is 1.93 bits per heavy atom. The molecule has 1 saturated carbocycles. The zero-order valence-electron chi connectivity index (χ0n) is 7.30. The van der Waals surface area contributed by atoms with Crippen LogP contribution in [0.3, 0.4) is 0 Å². The number of pyridine rings is 1. The highest BCUT2D eigenvalue weighted by atomic mass is 19.4. The number of anilines is 1. The summed E-state index contributed by atoms with van der Waals surface area (Å²) in [6, 6.07) is 1.96. The Kier molecular flexibility index (Phi) is 1.90. The average molecular weight is 202 g/mol. The molecular formula is C9H9F3N2. The zero-order valence-corrected chi connectivity index (χ0v) is 7.30. The first-order valence-corrected chi connectivity index (χ1v) is 4.31. The molecule has 2 rings (SSSR count). The first kappa shape index (κ1) is 9.30. The van der Waals surface area contributed by atoms with Crippen LogP contribution in [0, 0.1) is 0 Å². The Labute approximate surface area is 78.9 Å². The van der Waals surface area contributed by atoms with Crippen molar-refractivity contribution in [3.05, 3.63) is 23.4 Å². The molecule has 2 N–H and O–H groups in total. The highest BCUT2D eigenvalue weighted by Crippen LogP contribution is 2.41. The SMILES string of the molecule is Nc1cc(C(F)(F)F)cc(C2CC2)n1. The summed E-state index contributed by atoms with van der Waals surface area (Å²) in [5, 5.41) is 0. The fraction of sp³-hybridized carbons (Fsp3) is 0.444. The molecule has 5 heteroatoms. The quantitative estimate of drug-likeness (QED) is 0.760. The predicted molar refractivity (Wildman–Crippen MR) is 45.6 cm³/mol.